The summed E-state index contributed by atoms with van der Waals surface area (Å²) in [7, 11) is 0. The molecule has 0 aliphatic heterocycles. The van der Waals surface area contributed by atoms with Crippen molar-refractivity contribution in [2.75, 3.05) is 6.61 Å². The van der Waals surface area contributed by atoms with Crippen LogP contribution in [0.5, 0.6) is 5.88 Å². The molecule has 0 fully saturated rings. The van der Waals surface area contributed by atoms with Crippen LogP contribution in [0.25, 0.3) is 0 Å². The first-order valence-electron chi connectivity index (χ1n) is 5.70. The Morgan fingerprint density at radius 1 is 1.33 bits per heavy atom. The van der Waals surface area contributed by atoms with Crippen molar-refractivity contribution in [3.8, 4) is 5.88 Å². The lowest BCUT2D eigenvalue weighted by atomic mass is 10.1. The lowest BCUT2D eigenvalue weighted by Gasteiger charge is -2.12. The fourth-order valence-electron chi connectivity index (χ4n) is 1.31. The number of rotatable bonds is 5. The minimum absolute atomic E-state index is 0.0580. The number of alkyl halides is 3. The number of halogens is 3. The van der Waals surface area contributed by atoms with Gasteiger partial charge in [-0.25, -0.2) is 4.98 Å². The van der Waals surface area contributed by atoms with Gasteiger partial charge >= 0.3 is 6.18 Å². The van der Waals surface area contributed by atoms with E-state index in [4.69, 9.17) is 10.5 Å². The predicted octanol–water partition coefficient (Wildman–Crippen LogP) is 2.17. The Morgan fingerprint density at radius 3 is 2.50 bits per heavy atom. The third kappa shape index (κ3) is 4.14. The minimum atomic E-state index is -4.51. The largest absolute Gasteiger partial charge is 0.478 e. The van der Waals surface area contributed by atoms with Crippen molar-refractivity contribution in [1.29, 1.82) is 0 Å². The summed E-state index contributed by atoms with van der Waals surface area (Å²) in [6, 6.07) is 0.535. The topological polar surface area (TPSA) is 61.0 Å². The Labute approximate surface area is 103 Å². The Bertz CT molecular complexity index is 396. The van der Waals surface area contributed by atoms with Gasteiger partial charge < -0.3 is 10.5 Å². The molecule has 1 aromatic heterocycles. The molecule has 0 bridgehead atoms. The molecule has 0 saturated heterocycles. The molecule has 1 rings (SSSR count). The van der Waals surface area contributed by atoms with Gasteiger partial charge in [0, 0.05) is 18.5 Å². The first kappa shape index (κ1) is 14.7. The number of aromatic nitrogens is 2. The first-order valence-corrected chi connectivity index (χ1v) is 5.70. The lowest BCUT2D eigenvalue weighted by molar-refractivity contribution is -0.141. The SMILES string of the molecule is CCOc1cc(C(F)(F)F)nc(CC(N)CC)n1. The first-order chi connectivity index (χ1) is 8.36. The van der Waals surface area contributed by atoms with Gasteiger partial charge in [-0.15, -0.1) is 0 Å². The Balaban J connectivity index is 3.06. The molecule has 1 aromatic rings. The molecule has 1 unspecified atom stereocenters. The van der Waals surface area contributed by atoms with Crippen LogP contribution in [0.15, 0.2) is 6.07 Å². The van der Waals surface area contributed by atoms with E-state index in [0.717, 1.165) is 6.07 Å². The molecule has 1 atom stereocenters. The van der Waals surface area contributed by atoms with Gasteiger partial charge in [-0.2, -0.15) is 18.2 Å². The van der Waals surface area contributed by atoms with E-state index in [1.54, 1.807) is 6.92 Å². The zero-order chi connectivity index (χ0) is 13.8. The number of nitrogens with zero attached hydrogens (tertiary/aromatic N) is 2. The van der Waals surface area contributed by atoms with Gasteiger partial charge in [-0.3, -0.25) is 0 Å². The molecule has 0 saturated carbocycles. The highest BCUT2D eigenvalue weighted by Crippen LogP contribution is 2.29. The summed E-state index contributed by atoms with van der Waals surface area (Å²) in [4.78, 5) is 7.39. The second-order valence-electron chi connectivity index (χ2n) is 3.81. The normalized spacial score (nSPS) is 13.4. The van der Waals surface area contributed by atoms with Crippen molar-refractivity contribution in [3.63, 3.8) is 0 Å². The van der Waals surface area contributed by atoms with Crippen LogP contribution in [-0.2, 0) is 12.6 Å². The highest BCUT2D eigenvalue weighted by atomic mass is 19.4. The molecule has 18 heavy (non-hydrogen) atoms. The maximum absolute atomic E-state index is 12.6. The van der Waals surface area contributed by atoms with Crippen molar-refractivity contribution in [2.45, 2.75) is 38.9 Å². The average molecular weight is 263 g/mol. The van der Waals surface area contributed by atoms with Gasteiger partial charge in [0.1, 0.15) is 5.82 Å². The van der Waals surface area contributed by atoms with Crippen LogP contribution in [0.2, 0.25) is 0 Å². The van der Waals surface area contributed by atoms with Gasteiger partial charge in [0.25, 0.3) is 0 Å². The zero-order valence-corrected chi connectivity index (χ0v) is 10.3. The van der Waals surface area contributed by atoms with Crippen molar-refractivity contribution in [3.05, 3.63) is 17.6 Å². The maximum Gasteiger partial charge on any atom is 0.433 e. The van der Waals surface area contributed by atoms with Gasteiger partial charge in [0.05, 0.1) is 6.61 Å². The fourth-order valence-corrected chi connectivity index (χ4v) is 1.31. The molecule has 0 aliphatic rings. The molecule has 7 heteroatoms. The highest BCUT2D eigenvalue weighted by Gasteiger charge is 2.34. The third-order valence-electron chi connectivity index (χ3n) is 2.30. The monoisotopic (exact) mass is 263 g/mol. The quantitative estimate of drug-likeness (QED) is 0.884. The van der Waals surface area contributed by atoms with E-state index in [9.17, 15) is 13.2 Å². The second kappa shape index (κ2) is 5.99. The summed E-state index contributed by atoms with van der Waals surface area (Å²) in [6.45, 7) is 3.77. The van der Waals surface area contributed by atoms with E-state index < -0.39 is 11.9 Å². The van der Waals surface area contributed by atoms with E-state index in [0.29, 0.717) is 6.42 Å². The van der Waals surface area contributed by atoms with Crippen molar-refractivity contribution >= 4 is 0 Å². The summed E-state index contributed by atoms with van der Waals surface area (Å²) >= 11 is 0. The van der Waals surface area contributed by atoms with Crippen molar-refractivity contribution in [2.24, 2.45) is 5.73 Å². The van der Waals surface area contributed by atoms with E-state index in [-0.39, 0.29) is 30.8 Å². The Morgan fingerprint density at radius 2 is 2.00 bits per heavy atom. The minimum Gasteiger partial charge on any atom is -0.478 e. The summed E-state index contributed by atoms with van der Waals surface area (Å²) in [6.07, 6.45) is -3.68. The summed E-state index contributed by atoms with van der Waals surface area (Å²) < 4.78 is 42.9. The smallest absolute Gasteiger partial charge is 0.433 e. The molecule has 0 amide bonds. The highest BCUT2D eigenvalue weighted by molar-refractivity contribution is 5.19. The number of ether oxygens (including phenoxy) is 1. The number of hydrogen-bond donors (Lipinski definition) is 1. The molecule has 0 aliphatic carbocycles. The molecule has 0 radical (unpaired) electrons. The second-order valence-corrected chi connectivity index (χ2v) is 3.81. The molecule has 0 aromatic carbocycles. The molecule has 2 N–H and O–H groups in total. The number of nitrogens with two attached hydrogens (primary N) is 1. The molecule has 1 heterocycles. The molecule has 4 nitrogen and oxygen atoms in total. The van der Waals surface area contributed by atoms with Crippen LogP contribution >= 0.6 is 0 Å². The van der Waals surface area contributed by atoms with Gasteiger partial charge in [-0.05, 0) is 13.3 Å². The number of hydrogen-bond acceptors (Lipinski definition) is 4. The summed E-state index contributed by atoms with van der Waals surface area (Å²) in [5.74, 6) is -0.0132. The van der Waals surface area contributed by atoms with E-state index in [2.05, 4.69) is 9.97 Å². The third-order valence-corrected chi connectivity index (χ3v) is 2.30. The van der Waals surface area contributed by atoms with Crippen molar-refractivity contribution in [1.82, 2.24) is 9.97 Å². The van der Waals surface area contributed by atoms with E-state index >= 15 is 0 Å². The maximum atomic E-state index is 12.6. The fraction of sp³-hybridized carbons (Fsp3) is 0.636. The summed E-state index contributed by atoms with van der Waals surface area (Å²) in [5, 5.41) is 0. The molecule has 0 spiro atoms. The van der Waals surface area contributed by atoms with Crippen LogP contribution in [0.4, 0.5) is 13.2 Å². The van der Waals surface area contributed by atoms with Crippen LogP contribution < -0.4 is 10.5 Å². The Kier molecular flexibility index (Phi) is 4.89. The average Bonchev–Trinajstić information content (AvgIpc) is 2.27. The van der Waals surface area contributed by atoms with Crippen molar-refractivity contribution < 1.29 is 17.9 Å². The zero-order valence-electron chi connectivity index (χ0n) is 10.3. The molecular weight excluding hydrogens is 247 g/mol. The predicted molar refractivity (Wildman–Crippen MR) is 60.2 cm³/mol. The van der Waals surface area contributed by atoms with Crippen LogP contribution in [0.3, 0.4) is 0 Å². The van der Waals surface area contributed by atoms with Crippen LogP contribution in [-0.4, -0.2) is 22.6 Å². The van der Waals surface area contributed by atoms with E-state index in [1.807, 2.05) is 6.92 Å². The standard InChI is InChI=1S/C11H16F3N3O/c1-3-7(15)5-9-16-8(11(12,13)14)6-10(17-9)18-4-2/h6-7H,3-5,15H2,1-2H3. The molecular formula is C11H16F3N3O. The van der Waals surface area contributed by atoms with Gasteiger partial charge in [0.15, 0.2) is 5.69 Å². The van der Waals surface area contributed by atoms with Gasteiger partial charge in [0.2, 0.25) is 5.88 Å². The molecule has 102 valence electrons. The van der Waals surface area contributed by atoms with Gasteiger partial charge in [-0.1, -0.05) is 6.92 Å². The Hall–Kier alpha value is -1.37. The van der Waals surface area contributed by atoms with Crippen LogP contribution in [0, 0.1) is 0 Å². The summed E-state index contributed by atoms with van der Waals surface area (Å²) in [5.41, 5.74) is 4.69. The van der Waals surface area contributed by atoms with Crippen LogP contribution in [0.1, 0.15) is 31.8 Å². The lowest BCUT2D eigenvalue weighted by Crippen LogP contribution is -2.23. The van der Waals surface area contributed by atoms with E-state index in [1.165, 1.54) is 0 Å².